The van der Waals surface area contributed by atoms with Crippen molar-refractivity contribution in [3.05, 3.63) is 35.8 Å². The first-order valence-electron chi connectivity index (χ1n) is 5.12. The second kappa shape index (κ2) is 3.85. The molecule has 2 heterocycles. The third-order valence-electron chi connectivity index (χ3n) is 2.36. The number of hydrogen-bond acceptors (Lipinski definition) is 2. The zero-order valence-corrected chi connectivity index (χ0v) is 8.97. The molecule has 0 saturated carbocycles. The molecule has 78 valence electrons. The zero-order chi connectivity index (χ0) is 10.8. The third kappa shape index (κ3) is 1.91. The van der Waals surface area contributed by atoms with E-state index in [1.54, 1.807) is 6.20 Å². The molecule has 0 aliphatic rings. The van der Waals surface area contributed by atoms with Gasteiger partial charge in [-0.25, -0.2) is 4.98 Å². The van der Waals surface area contributed by atoms with Crippen molar-refractivity contribution in [1.29, 1.82) is 0 Å². The fourth-order valence-corrected chi connectivity index (χ4v) is 1.72. The van der Waals surface area contributed by atoms with Gasteiger partial charge in [-0.15, -0.1) is 0 Å². The van der Waals surface area contributed by atoms with Crippen molar-refractivity contribution in [2.75, 3.05) is 0 Å². The number of aldehydes is 1. The molecule has 0 atom stereocenters. The number of rotatable bonds is 3. The lowest BCUT2D eigenvalue weighted by Gasteiger charge is -2.05. The normalized spacial score (nSPS) is 11.1. The van der Waals surface area contributed by atoms with E-state index in [-0.39, 0.29) is 0 Å². The summed E-state index contributed by atoms with van der Waals surface area (Å²) in [5.74, 6) is 0.616. The molecule has 2 aromatic heterocycles. The molecule has 0 fully saturated rings. The summed E-state index contributed by atoms with van der Waals surface area (Å²) in [5.41, 5.74) is 2.67. The average molecular weight is 202 g/mol. The highest BCUT2D eigenvalue weighted by Gasteiger charge is 2.03. The number of hydrogen-bond donors (Lipinski definition) is 0. The lowest BCUT2D eigenvalue weighted by atomic mass is 10.1. The molecule has 0 unspecified atom stereocenters. The van der Waals surface area contributed by atoms with E-state index < -0.39 is 0 Å². The van der Waals surface area contributed by atoms with Gasteiger partial charge in [-0.05, 0) is 24.0 Å². The van der Waals surface area contributed by atoms with Gasteiger partial charge < -0.3 is 0 Å². The topological polar surface area (TPSA) is 34.4 Å². The van der Waals surface area contributed by atoms with Crippen LogP contribution >= 0.6 is 0 Å². The number of aromatic nitrogens is 2. The molecule has 0 saturated heterocycles. The number of carbonyl (C=O) groups excluding carboxylic acids is 1. The molecule has 15 heavy (non-hydrogen) atoms. The molecular formula is C12H14N2O. The molecule has 3 nitrogen and oxygen atoms in total. The van der Waals surface area contributed by atoms with Gasteiger partial charge >= 0.3 is 0 Å². The predicted octanol–water partition coefficient (Wildman–Crippen LogP) is 2.35. The van der Waals surface area contributed by atoms with Gasteiger partial charge in [-0.1, -0.05) is 19.9 Å². The fraction of sp³-hybridized carbons (Fsp3) is 0.333. The molecule has 0 radical (unpaired) electrons. The standard InChI is InChI=1S/C12H14N2O/c1-9(2)5-10-3-4-12-13-6-11(8-15)14(12)7-10/h3-4,6-9H,5H2,1-2H3. The van der Waals surface area contributed by atoms with Gasteiger partial charge in [0.2, 0.25) is 0 Å². The summed E-state index contributed by atoms with van der Waals surface area (Å²) >= 11 is 0. The van der Waals surface area contributed by atoms with Gasteiger partial charge in [0.25, 0.3) is 0 Å². The predicted molar refractivity (Wildman–Crippen MR) is 59.1 cm³/mol. The first kappa shape index (κ1) is 9.90. The molecule has 0 spiro atoms. The van der Waals surface area contributed by atoms with Gasteiger partial charge in [0, 0.05) is 6.20 Å². The van der Waals surface area contributed by atoms with Gasteiger partial charge in [-0.2, -0.15) is 0 Å². The molecule has 2 aromatic rings. The Kier molecular flexibility index (Phi) is 2.54. The van der Waals surface area contributed by atoms with Crippen LogP contribution in [-0.4, -0.2) is 15.7 Å². The van der Waals surface area contributed by atoms with Crippen molar-refractivity contribution >= 4 is 11.9 Å². The van der Waals surface area contributed by atoms with E-state index in [1.165, 1.54) is 5.56 Å². The van der Waals surface area contributed by atoms with E-state index in [0.717, 1.165) is 18.4 Å². The maximum Gasteiger partial charge on any atom is 0.168 e. The summed E-state index contributed by atoms with van der Waals surface area (Å²) in [7, 11) is 0. The van der Waals surface area contributed by atoms with E-state index in [0.29, 0.717) is 11.6 Å². The first-order valence-corrected chi connectivity index (χ1v) is 5.12. The number of pyridine rings is 1. The fourth-order valence-electron chi connectivity index (χ4n) is 1.72. The smallest absolute Gasteiger partial charge is 0.168 e. The molecule has 0 aliphatic carbocycles. The van der Waals surface area contributed by atoms with Crippen molar-refractivity contribution < 1.29 is 4.79 Å². The van der Waals surface area contributed by atoms with E-state index in [9.17, 15) is 4.79 Å². The lowest BCUT2D eigenvalue weighted by Crippen LogP contribution is -1.98. The zero-order valence-electron chi connectivity index (χ0n) is 8.97. The van der Waals surface area contributed by atoms with E-state index in [4.69, 9.17) is 0 Å². The van der Waals surface area contributed by atoms with E-state index in [2.05, 4.69) is 24.9 Å². The summed E-state index contributed by atoms with van der Waals surface area (Å²) in [5, 5.41) is 0. The highest BCUT2D eigenvalue weighted by molar-refractivity contribution is 5.73. The van der Waals surface area contributed by atoms with Crippen LogP contribution in [0.3, 0.4) is 0 Å². The highest BCUT2D eigenvalue weighted by atomic mass is 16.1. The number of nitrogens with zero attached hydrogens (tertiary/aromatic N) is 2. The molecule has 0 amide bonds. The van der Waals surface area contributed by atoms with Crippen LogP contribution in [0, 0.1) is 5.92 Å². The Morgan fingerprint density at radius 3 is 2.93 bits per heavy atom. The molecule has 0 aliphatic heterocycles. The Labute approximate surface area is 88.8 Å². The van der Waals surface area contributed by atoms with Gasteiger partial charge in [0.15, 0.2) is 6.29 Å². The van der Waals surface area contributed by atoms with Crippen molar-refractivity contribution in [3.63, 3.8) is 0 Å². The summed E-state index contributed by atoms with van der Waals surface area (Å²) in [4.78, 5) is 14.9. The summed E-state index contributed by atoms with van der Waals surface area (Å²) in [6, 6.07) is 4.02. The average Bonchev–Trinajstić information content (AvgIpc) is 2.59. The van der Waals surface area contributed by atoms with Crippen molar-refractivity contribution in [2.24, 2.45) is 5.92 Å². The van der Waals surface area contributed by atoms with Crippen LogP contribution in [0.2, 0.25) is 0 Å². The van der Waals surface area contributed by atoms with E-state index >= 15 is 0 Å². The lowest BCUT2D eigenvalue weighted by molar-refractivity contribution is 0.111. The minimum absolute atomic E-state index is 0.607. The Morgan fingerprint density at radius 1 is 1.47 bits per heavy atom. The molecule has 2 rings (SSSR count). The number of imidazole rings is 1. The second-order valence-corrected chi connectivity index (χ2v) is 4.16. The maximum absolute atomic E-state index is 10.8. The monoisotopic (exact) mass is 202 g/mol. The van der Waals surface area contributed by atoms with Crippen LogP contribution in [0.15, 0.2) is 24.5 Å². The first-order chi connectivity index (χ1) is 7.20. The Morgan fingerprint density at radius 2 is 2.27 bits per heavy atom. The summed E-state index contributed by atoms with van der Waals surface area (Å²) in [6.07, 6.45) is 5.44. The van der Waals surface area contributed by atoms with Crippen molar-refractivity contribution in [2.45, 2.75) is 20.3 Å². The minimum atomic E-state index is 0.607. The Hall–Kier alpha value is -1.64. The van der Waals surface area contributed by atoms with Gasteiger partial charge in [0.1, 0.15) is 11.3 Å². The number of carbonyl (C=O) groups is 1. The quantitative estimate of drug-likeness (QED) is 0.716. The summed E-state index contributed by atoms with van der Waals surface area (Å²) in [6.45, 7) is 4.36. The van der Waals surface area contributed by atoms with Crippen molar-refractivity contribution in [3.8, 4) is 0 Å². The van der Waals surface area contributed by atoms with Crippen LogP contribution in [0.4, 0.5) is 0 Å². The Bertz CT molecular complexity index is 485. The Balaban J connectivity index is 2.48. The van der Waals surface area contributed by atoms with Gasteiger partial charge in [0.05, 0.1) is 6.20 Å². The molecular weight excluding hydrogens is 188 g/mol. The van der Waals surface area contributed by atoms with Gasteiger partial charge in [-0.3, -0.25) is 9.20 Å². The molecule has 0 bridgehead atoms. The SMILES string of the molecule is CC(C)Cc1ccc2ncc(C=O)n2c1. The maximum atomic E-state index is 10.8. The van der Waals surface area contributed by atoms with E-state index in [1.807, 2.05) is 16.7 Å². The van der Waals surface area contributed by atoms with Crippen molar-refractivity contribution in [1.82, 2.24) is 9.38 Å². The third-order valence-corrected chi connectivity index (χ3v) is 2.36. The molecule has 3 heteroatoms. The van der Waals surface area contributed by atoms with Crippen LogP contribution in [0.1, 0.15) is 29.9 Å². The van der Waals surface area contributed by atoms with Crippen LogP contribution in [-0.2, 0) is 6.42 Å². The van der Waals surface area contributed by atoms with Crippen LogP contribution in [0.25, 0.3) is 5.65 Å². The highest BCUT2D eigenvalue weighted by Crippen LogP contribution is 2.11. The summed E-state index contributed by atoms with van der Waals surface area (Å²) < 4.78 is 1.84. The second-order valence-electron chi connectivity index (χ2n) is 4.16. The van der Waals surface area contributed by atoms with Crippen LogP contribution in [0.5, 0.6) is 0 Å². The van der Waals surface area contributed by atoms with Crippen LogP contribution < -0.4 is 0 Å². The largest absolute Gasteiger partial charge is 0.297 e. The minimum Gasteiger partial charge on any atom is -0.297 e. The number of fused-ring (bicyclic) bond motifs is 1. The molecule has 0 N–H and O–H groups in total. The molecule has 0 aromatic carbocycles.